The minimum Gasteiger partial charge on any atom is -0.480 e. The Bertz CT molecular complexity index is 1000. The van der Waals surface area contributed by atoms with Gasteiger partial charge in [0.2, 0.25) is 5.91 Å². The summed E-state index contributed by atoms with van der Waals surface area (Å²) in [4.78, 5) is 51.0. The van der Waals surface area contributed by atoms with E-state index in [9.17, 15) is 19.2 Å². The zero-order chi connectivity index (χ0) is 21.8. The zero-order valence-corrected chi connectivity index (χ0v) is 17.2. The topological polar surface area (TPSA) is 117 Å². The minimum absolute atomic E-state index is 0.0351. The monoisotopic (exact) mass is 417 g/mol. The Hall–Kier alpha value is -3.14. The van der Waals surface area contributed by atoms with E-state index in [1.165, 1.54) is 16.2 Å². The number of carbonyl (C=O) groups is 3. The van der Waals surface area contributed by atoms with Gasteiger partial charge < -0.3 is 20.1 Å². The summed E-state index contributed by atoms with van der Waals surface area (Å²) >= 11 is 0. The van der Waals surface area contributed by atoms with E-state index in [2.05, 4.69) is 10.2 Å². The van der Waals surface area contributed by atoms with Gasteiger partial charge in [0.05, 0.1) is 23.6 Å². The predicted octanol–water partition coefficient (Wildman–Crippen LogP) is -0.187. The predicted molar refractivity (Wildman–Crippen MR) is 112 cm³/mol. The number of rotatable bonds is 8. The van der Waals surface area contributed by atoms with Crippen molar-refractivity contribution >= 4 is 34.9 Å². The fraction of sp³-hybridized carbons (Fsp3) is 0.500. The summed E-state index contributed by atoms with van der Waals surface area (Å²) < 4.78 is 2.95. The minimum atomic E-state index is -0.831. The molecule has 2 aromatic rings. The average molecular weight is 417 g/mol. The molecule has 162 valence electrons. The molecule has 1 aliphatic heterocycles. The molecule has 2 N–H and O–H groups in total. The molecule has 0 spiro atoms. The summed E-state index contributed by atoms with van der Waals surface area (Å²) in [6.07, 6.45) is 1.11. The molecule has 1 fully saturated rings. The largest absolute Gasteiger partial charge is 0.480 e. The van der Waals surface area contributed by atoms with Crippen molar-refractivity contribution in [3.8, 4) is 0 Å². The van der Waals surface area contributed by atoms with Crippen LogP contribution in [0.4, 0.5) is 5.69 Å². The van der Waals surface area contributed by atoms with Gasteiger partial charge in [-0.15, -0.1) is 0 Å². The third-order valence-corrected chi connectivity index (χ3v) is 5.60. The lowest BCUT2D eigenvalue weighted by Crippen LogP contribution is -2.47. The maximum Gasteiger partial charge on any atom is 0.329 e. The van der Waals surface area contributed by atoms with Gasteiger partial charge in [-0.3, -0.25) is 23.6 Å². The van der Waals surface area contributed by atoms with Crippen molar-refractivity contribution in [2.24, 2.45) is 7.05 Å². The molecular weight excluding hydrogens is 390 g/mol. The van der Waals surface area contributed by atoms with E-state index >= 15 is 0 Å². The molecule has 1 saturated heterocycles. The van der Waals surface area contributed by atoms with Crippen LogP contribution in [0.2, 0.25) is 0 Å². The van der Waals surface area contributed by atoms with E-state index in [0.717, 1.165) is 5.69 Å². The van der Waals surface area contributed by atoms with Crippen LogP contribution in [0.15, 0.2) is 23.0 Å². The van der Waals surface area contributed by atoms with E-state index in [1.807, 2.05) is 23.1 Å². The van der Waals surface area contributed by atoms with E-state index < -0.39 is 12.0 Å². The summed E-state index contributed by atoms with van der Waals surface area (Å²) in [5.74, 6) is -1.01. The van der Waals surface area contributed by atoms with E-state index in [1.54, 1.807) is 7.05 Å². The van der Waals surface area contributed by atoms with Gasteiger partial charge in [-0.1, -0.05) is 0 Å². The number of fused-ring (bicyclic) bond motifs is 1. The Balaban J connectivity index is 1.85. The molecule has 10 nitrogen and oxygen atoms in total. The molecule has 1 aromatic heterocycles. The van der Waals surface area contributed by atoms with Gasteiger partial charge in [-0.25, -0.2) is 4.79 Å². The Kier molecular flexibility index (Phi) is 6.56. The van der Waals surface area contributed by atoms with Crippen molar-refractivity contribution in [3.05, 3.63) is 28.7 Å². The zero-order valence-electron chi connectivity index (χ0n) is 17.2. The molecule has 1 unspecified atom stereocenters. The molecule has 2 heterocycles. The summed E-state index contributed by atoms with van der Waals surface area (Å²) in [7, 11) is 3.20. The molecule has 3 rings (SSSR count). The van der Waals surface area contributed by atoms with Crippen LogP contribution < -0.4 is 15.9 Å². The van der Waals surface area contributed by atoms with E-state index in [-0.39, 0.29) is 31.0 Å². The van der Waals surface area contributed by atoms with Crippen LogP contribution >= 0.6 is 0 Å². The number of nitrogens with zero attached hydrogens (tertiary/aromatic N) is 4. The highest BCUT2D eigenvalue weighted by molar-refractivity contribution is 5.82. The normalized spacial score (nSPS) is 15.9. The maximum atomic E-state index is 12.8. The summed E-state index contributed by atoms with van der Waals surface area (Å²) in [6.45, 7) is 2.72. The molecular formula is C20H27N5O5. The Morgan fingerprint density at radius 1 is 1.20 bits per heavy atom. The van der Waals surface area contributed by atoms with Gasteiger partial charge in [-0.2, -0.15) is 0 Å². The lowest BCUT2D eigenvalue weighted by atomic mass is 10.1. The summed E-state index contributed by atoms with van der Waals surface area (Å²) in [5, 5.41) is 11.5. The maximum absolute atomic E-state index is 12.8. The van der Waals surface area contributed by atoms with Gasteiger partial charge in [-0.05, 0) is 24.6 Å². The van der Waals surface area contributed by atoms with Crippen LogP contribution in [0.1, 0.15) is 18.9 Å². The van der Waals surface area contributed by atoms with Crippen LogP contribution in [-0.2, 0) is 21.4 Å². The van der Waals surface area contributed by atoms with Gasteiger partial charge >= 0.3 is 11.7 Å². The first kappa shape index (κ1) is 21.6. The molecule has 1 atom stereocenters. The number of aromatic nitrogens is 2. The molecule has 10 heteroatoms. The lowest BCUT2D eigenvalue weighted by molar-refractivity contribution is -0.138. The second kappa shape index (κ2) is 9.12. The number of hydrogen-bond acceptors (Lipinski definition) is 6. The molecule has 30 heavy (non-hydrogen) atoms. The van der Waals surface area contributed by atoms with Gasteiger partial charge in [0.25, 0.3) is 0 Å². The number of hydrogen-bond donors (Lipinski definition) is 2. The Morgan fingerprint density at radius 3 is 2.50 bits per heavy atom. The van der Waals surface area contributed by atoms with Crippen molar-refractivity contribution in [1.29, 1.82) is 0 Å². The van der Waals surface area contributed by atoms with Crippen LogP contribution in [0.25, 0.3) is 11.0 Å². The molecule has 0 radical (unpaired) electrons. The van der Waals surface area contributed by atoms with Crippen molar-refractivity contribution in [3.63, 3.8) is 0 Å². The fourth-order valence-corrected chi connectivity index (χ4v) is 3.89. The molecule has 1 amide bonds. The number of benzene rings is 1. The van der Waals surface area contributed by atoms with Crippen LogP contribution in [0, 0.1) is 0 Å². The van der Waals surface area contributed by atoms with Gasteiger partial charge in [0.1, 0.15) is 6.29 Å². The van der Waals surface area contributed by atoms with Crippen molar-refractivity contribution in [1.82, 2.24) is 19.4 Å². The molecule has 0 saturated carbocycles. The first-order chi connectivity index (χ1) is 14.3. The van der Waals surface area contributed by atoms with Gasteiger partial charge in [0.15, 0.2) is 0 Å². The number of aliphatic carboxylic acids is 1. The number of piperazine rings is 1. The number of carboxylic acids is 1. The smallest absolute Gasteiger partial charge is 0.329 e. The number of nitrogens with one attached hydrogen (secondary N) is 1. The SMILES string of the molecule is CNC(=O)CCC(C=O)n1c(=O)n(C)c2cc(N3CCN(CC(=O)O)CC3)ccc21. The number of imidazole rings is 1. The first-order valence-electron chi connectivity index (χ1n) is 9.91. The van der Waals surface area contributed by atoms with Crippen molar-refractivity contribution in [2.75, 3.05) is 44.7 Å². The number of carboxylic acid groups (broad SMARTS) is 1. The highest BCUT2D eigenvalue weighted by Gasteiger charge is 2.22. The summed E-state index contributed by atoms with van der Waals surface area (Å²) in [6, 6.07) is 4.93. The number of carbonyl (C=O) groups excluding carboxylic acids is 2. The number of aldehydes is 1. The highest BCUT2D eigenvalue weighted by atomic mass is 16.4. The summed E-state index contributed by atoms with van der Waals surface area (Å²) in [5.41, 5.74) is 1.99. The third kappa shape index (κ3) is 4.38. The molecule has 0 bridgehead atoms. The van der Waals surface area contributed by atoms with Crippen molar-refractivity contribution in [2.45, 2.75) is 18.9 Å². The second-order valence-electron chi connectivity index (χ2n) is 7.46. The molecule has 1 aromatic carbocycles. The van der Waals surface area contributed by atoms with Crippen LogP contribution in [-0.4, -0.2) is 77.1 Å². The standard InChI is InChI=1S/C20H27N5O5/c1-21-18(27)6-4-15(13-26)25-16-5-3-14(11-17(16)22(2)20(25)30)24-9-7-23(8-10-24)12-19(28)29/h3,5,11,13,15H,4,6-10,12H2,1-2H3,(H,21,27)(H,28,29). The quantitative estimate of drug-likeness (QED) is 0.572. The second-order valence-corrected chi connectivity index (χ2v) is 7.46. The number of aryl methyl sites for hydroxylation is 1. The first-order valence-corrected chi connectivity index (χ1v) is 9.91. The molecule has 0 aliphatic carbocycles. The van der Waals surface area contributed by atoms with E-state index in [0.29, 0.717) is 43.5 Å². The highest BCUT2D eigenvalue weighted by Crippen LogP contribution is 2.25. The number of anilines is 1. The Labute approximate surface area is 173 Å². The Morgan fingerprint density at radius 2 is 1.90 bits per heavy atom. The van der Waals surface area contributed by atoms with E-state index in [4.69, 9.17) is 5.11 Å². The average Bonchev–Trinajstić information content (AvgIpc) is 2.99. The van der Waals surface area contributed by atoms with Crippen LogP contribution in [0.3, 0.4) is 0 Å². The third-order valence-electron chi connectivity index (χ3n) is 5.60. The lowest BCUT2D eigenvalue weighted by Gasteiger charge is -2.35. The number of amides is 1. The van der Waals surface area contributed by atoms with Crippen molar-refractivity contribution < 1.29 is 19.5 Å². The van der Waals surface area contributed by atoms with Crippen LogP contribution in [0.5, 0.6) is 0 Å². The molecule has 1 aliphatic rings. The van der Waals surface area contributed by atoms with Gasteiger partial charge in [0, 0.05) is 52.4 Å². The fourth-order valence-electron chi connectivity index (χ4n) is 3.89.